The number of hydrogen-bond acceptors (Lipinski definition) is 5. The highest BCUT2D eigenvalue weighted by molar-refractivity contribution is 8.03. The summed E-state index contributed by atoms with van der Waals surface area (Å²) < 4.78 is 19.1. The molecule has 0 saturated heterocycles. The Morgan fingerprint density at radius 2 is 2.26 bits per heavy atom. The molecule has 3 rings (SSSR count). The monoisotopic (exact) mass is 297 g/mol. The van der Waals surface area contributed by atoms with Gasteiger partial charge in [0.1, 0.15) is 11.3 Å². The lowest BCUT2D eigenvalue weighted by atomic mass is 10.1. The number of hydrogen-bond donors (Lipinski definition) is 1. The van der Waals surface area contributed by atoms with Crippen molar-refractivity contribution in [3.8, 4) is 0 Å². The van der Waals surface area contributed by atoms with Crippen LogP contribution in [0.5, 0.6) is 0 Å². The third-order valence-electron chi connectivity index (χ3n) is 2.71. The fourth-order valence-electron chi connectivity index (χ4n) is 1.89. The second kappa shape index (κ2) is 4.88. The van der Waals surface area contributed by atoms with Gasteiger partial charge in [-0.2, -0.15) is 0 Å². The van der Waals surface area contributed by atoms with Crippen LogP contribution in [0.2, 0.25) is 5.02 Å². The molecular formula is C12H9ClFN3OS. The standard InChI is InChI=1S/C12H9ClFN3OS/c13-7-2-1-3-8(14)11(7)9-6-19-12(15)17(9)10-4-5-16-18-10/h1-6,12H,15H2. The number of benzene rings is 1. The predicted molar refractivity (Wildman–Crippen MR) is 73.9 cm³/mol. The highest BCUT2D eigenvalue weighted by Gasteiger charge is 2.31. The zero-order chi connectivity index (χ0) is 13.4. The highest BCUT2D eigenvalue weighted by Crippen LogP contribution is 2.41. The molecule has 1 unspecified atom stereocenters. The molecule has 0 bridgehead atoms. The Kier molecular flexibility index (Phi) is 3.22. The summed E-state index contributed by atoms with van der Waals surface area (Å²) in [5.74, 6) is 0.0426. The maximum atomic E-state index is 14.0. The minimum absolute atomic E-state index is 0.306. The molecule has 0 aliphatic carbocycles. The molecule has 0 fully saturated rings. The van der Waals surface area contributed by atoms with Gasteiger partial charge in [-0.05, 0) is 17.5 Å². The molecule has 1 aromatic heterocycles. The molecule has 0 saturated carbocycles. The molecule has 1 atom stereocenters. The van der Waals surface area contributed by atoms with Gasteiger partial charge < -0.3 is 10.3 Å². The van der Waals surface area contributed by atoms with E-state index in [9.17, 15) is 4.39 Å². The van der Waals surface area contributed by atoms with Crippen LogP contribution in [0, 0.1) is 5.82 Å². The molecule has 0 spiro atoms. The summed E-state index contributed by atoms with van der Waals surface area (Å²) >= 11 is 7.43. The number of nitrogens with zero attached hydrogens (tertiary/aromatic N) is 2. The topological polar surface area (TPSA) is 55.3 Å². The highest BCUT2D eigenvalue weighted by atomic mass is 35.5. The van der Waals surface area contributed by atoms with Gasteiger partial charge in [-0.25, -0.2) is 4.39 Å². The van der Waals surface area contributed by atoms with Gasteiger partial charge in [0.05, 0.1) is 22.5 Å². The van der Waals surface area contributed by atoms with Crippen molar-refractivity contribution in [2.24, 2.45) is 5.73 Å². The molecule has 2 N–H and O–H groups in total. The molecule has 19 heavy (non-hydrogen) atoms. The summed E-state index contributed by atoms with van der Waals surface area (Å²) in [5.41, 5.74) is 6.45. The first kappa shape index (κ1) is 12.5. The van der Waals surface area contributed by atoms with E-state index in [4.69, 9.17) is 21.9 Å². The maximum absolute atomic E-state index is 14.0. The first-order valence-corrected chi connectivity index (χ1v) is 6.76. The van der Waals surface area contributed by atoms with Crippen LogP contribution in [0.15, 0.2) is 40.4 Å². The minimum atomic E-state index is -0.405. The maximum Gasteiger partial charge on any atom is 0.233 e. The van der Waals surface area contributed by atoms with Gasteiger partial charge in [-0.15, -0.1) is 0 Å². The fourth-order valence-corrected chi connectivity index (χ4v) is 2.99. The second-order valence-electron chi connectivity index (χ2n) is 3.85. The van der Waals surface area contributed by atoms with E-state index in [0.29, 0.717) is 22.2 Å². The molecule has 1 aromatic carbocycles. The summed E-state index contributed by atoms with van der Waals surface area (Å²) in [6.07, 6.45) is 1.51. The summed E-state index contributed by atoms with van der Waals surface area (Å²) in [5, 5.41) is 5.72. The van der Waals surface area contributed by atoms with E-state index in [0.717, 1.165) is 0 Å². The van der Waals surface area contributed by atoms with Crippen LogP contribution < -0.4 is 10.6 Å². The van der Waals surface area contributed by atoms with Gasteiger partial charge >= 0.3 is 0 Å². The lowest BCUT2D eigenvalue weighted by molar-refractivity contribution is 0.422. The van der Waals surface area contributed by atoms with E-state index in [1.165, 1.54) is 24.0 Å². The van der Waals surface area contributed by atoms with Gasteiger partial charge in [-0.1, -0.05) is 34.6 Å². The Balaban J connectivity index is 2.09. The van der Waals surface area contributed by atoms with Crippen molar-refractivity contribution >= 4 is 34.9 Å². The lowest BCUT2D eigenvalue weighted by Gasteiger charge is -2.23. The molecule has 0 radical (unpaired) electrons. The Morgan fingerprint density at radius 1 is 1.42 bits per heavy atom. The van der Waals surface area contributed by atoms with E-state index in [1.54, 1.807) is 28.5 Å². The largest absolute Gasteiger partial charge is 0.338 e. The number of thioether (sulfide) groups is 1. The molecule has 0 amide bonds. The van der Waals surface area contributed by atoms with Crippen molar-refractivity contribution < 1.29 is 8.91 Å². The van der Waals surface area contributed by atoms with Crippen LogP contribution in [0.1, 0.15) is 5.56 Å². The van der Waals surface area contributed by atoms with Crippen LogP contribution in [0.4, 0.5) is 10.3 Å². The quantitative estimate of drug-likeness (QED) is 0.922. The van der Waals surface area contributed by atoms with Gasteiger partial charge in [0.25, 0.3) is 0 Å². The molecule has 1 aliphatic rings. The Labute approximate surface area is 118 Å². The number of rotatable bonds is 2. The van der Waals surface area contributed by atoms with Gasteiger partial charge in [0, 0.05) is 6.07 Å². The Morgan fingerprint density at radius 3 is 2.95 bits per heavy atom. The minimum Gasteiger partial charge on any atom is -0.338 e. The Hall–Kier alpha value is -1.50. The van der Waals surface area contributed by atoms with Gasteiger partial charge in [0.15, 0.2) is 0 Å². The average molecular weight is 298 g/mol. The fraction of sp³-hybridized carbons (Fsp3) is 0.0833. The smallest absolute Gasteiger partial charge is 0.233 e. The van der Waals surface area contributed by atoms with Crippen molar-refractivity contribution in [2.45, 2.75) is 5.50 Å². The number of aromatic nitrogens is 1. The molecule has 2 aromatic rings. The van der Waals surface area contributed by atoms with Crippen molar-refractivity contribution in [2.75, 3.05) is 4.90 Å². The SMILES string of the molecule is NC1SC=C(c2c(F)cccc2Cl)N1c1ccno1. The summed E-state index contributed by atoms with van der Waals surface area (Å²) in [6, 6.07) is 6.21. The van der Waals surface area contributed by atoms with Crippen molar-refractivity contribution in [3.63, 3.8) is 0 Å². The third kappa shape index (κ3) is 2.11. The first-order valence-electron chi connectivity index (χ1n) is 5.44. The third-order valence-corrected chi connectivity index (χ3v) is 3.88. The van der Waals surface area contributed by atoms with Crippen LogP contribution in [-0.4, -0.2) is 10.7 Å². The summed E-state index contributed by atoms with van der Waals surface area (Å²) in [6.45, 7) is 0. The summed E-state index contributed by atoms with van der Waals surface area (Å²) in [4.78, 5) is 1.65. The van der Waals surface area contributed by atoms with Crippen molar-refractivity contribution in [1.29, 1.82) is 0 Å². The molecule has 4 nitrogen and oxygen atoms in total. The van der Waals surface area contributed by atoms with Crippen LogP contribution in [0.25, 0.3) is 5.70 Å². The number of anilines is 1. The van der Waals surface area contributed by atoms with Gasteiger partial charge in [-0.3, -0.25) is 4.90 Å². The molecule has 98 valence electrons. The number of halogens is 2. The summed E-state index contributed by atoms with van der Waals surface area (Å²) in [7, 11) is 0. The molecule has 1 aliphatic heterocycles. The van der Waals surface area contributed by atoms with E-state index in [2.05, 4.69) is 5.16 Å². The lowest BCUT2D eigenvalue weighted by Crippen LogP contribution is -2.34. The van der Waals surface area contributed by atoms with E-state index < -0.39 is 11.3 Å². The van der Waals surface area contributed by atoms with E-state index in [1.807, 2.05) is 0 Å². The van der Waals surface area contributed by atoms with E-state index in [-0.39, 0.29) is 0 Å². The van der Waals surface area contributed by atoms with Crippen LogP contribution in [0.3, 0.4) is 0 Å². The zero-order valence-electron chi connectivity index (χ0n) is 9.59. The van der Waals surface area contributed by atoms with Crippen molar-refractivity contribution in [1.82, 2.24) is 5.16 Å². The average Bonchev–Trinajstić information content (AvgIpc) is 2.99. The number of nitrogens with two attached hydrogens (primary N) is 1. The first-order chi connectivity index (χ1) is 9.18. The van der Waals surface area contributed by atoms with E-state index >= 15 is 0 Å². The molecule has 7 heteroatoms. The normalized spacial score (nSPS) is 18.8. The van der Waals surface area contributed by atoms with Crippen LogP contribution in [-0.2, 0) is 0 Å². The van der Waals surface area contributed by atoms with Gasteiger partial charge in [0.2, 0.25) is 5.88 Å². The molecule has 2 heterocycles. The Bertz CT molecular complexity index is 612. The zero-order valence-corrected chi connectivity index (χ0v) is 11.2. The predicted octanol–water partition coefficient (Wildman–Crippen LogP) is 3.26. The second-order valence-corrected chi connectivity index (χ2v) is 5.25. The van der Waals surface area contributed by atoms with Crippen LogP contribution >= 0.6 is 23.4 Å². The molecular weight excluding hydrogens is 289 g/mol. The van der Waals surface area contributed by atoms with Crippen molar-refractivity contribution in [3.05, 3.63) is 52.3 Å².